The lowest BCUT2D eigenvalue weighted by molar-refractivity contribution is 0.399. The number of halogens is 1. The van der Waals surface area contributed by atoms with Gasteiger partial charge in [0.15, 0.2) is 0 Å². The second-order valence-corrected chi connectivity index (χ2v) is 7.20. The van der Waals surface area contributed by atoms with Crippen molar-refractivity contribution in [3.05, 3.63) is 53.1 Å². The van der Waals surface area contributed by atoms with E-state index in [9.17, 15) is 0 Å². The quantitative estimate of drug-likeness (QED) is 0.690. The Morgan fingerprint density at radius 3 is 2.25 bits per heavy atom. The number of nitrogens with zero attached hydrogens (tertiary/aromatic N) is 1. The van der Waals surface area contributed by atoms with Crippen LogP contribution >= 0.6 is 35.1 Å². The predicted octanol–water partition coefficient (Wildman–Crippen LogP) is 5.27. The van der Waals surface area contributed by atoms with Gasteiger partial charge in [0.05, 0.1) is 0 Å². The summed E-state index contributed by atoms with van der Waals surface area (Å²) in [4.78, 5) is 5.97. The molecule has 106 valence electrons. The molecule has 0 saturated heterocycles. The highest BCUT2D eigenvalue weighted by molar-refractivity contribution is 7.99. The summed E-state index contributed by atoms with van der Waals surface area (Å²) >= 11 is 9.67. The molecule has 0 fully saturated rings. The van der Waals surface area contributed by atoms with Crippen LogP contribution in [0.2, 0.25) is 5.02 Å². The fourth-order valence-electron chi connectivity index (χ4n) is 1.88. The third kappa shape index (κ3) is 4.45. The summed E-state index contributed by atoms with van der Waals surface area (Å²) in [5.41, 5.74) is 1.27. The molecule has 0 aliphatic carbocycles. The van der Waals surface area contributed by atoms with Gasteiger partial charge in [-0.3, -0.25) is 0 Å². The van der Waals surface area contributed by atoms with Crippen LogP contribution in [0, 0.1) is 0 Å². The Hall–Kier alpha value is -0.610. The standard InChI is InChI=1S/C16H18ClNS2/c1-18(2)11-12-10-13(17)4-9-16(12)20-15-7-5-14(19-3)6-8-15/h4-10H,11H2,1-3H3. The molecule has 20 heavy (non-hydrogen) atoms. The maximum atomic E-state index is 6.11. The molecule has 0 aliphatic rings. The summed E-state index contributed by atoms with van der Waals surface area (Å²) in [6, 6.07) is 14.8. The van der Waals surface area contributed by atoms with E-state index in [0.717, 1.165) is 11.6 Å². The van der Waals surface area contributed by atoms with Gasteiger partial charge in [0, 0.05) is 26.3 Å². The second kappa shape index (κ2) is 7.41. The van der Waals surface area contributed by atoms with Crippen LogP contribution in [-0.4, -0.2) is 25.3 Å². The first-order chi connectivity index (χ1) is 9.58. The third-order valence-corrected chi connectivity index (χ3v) is 4.90. The van der Waals surface area contributed by atoms with Crippen molar-refractivity contribution >= 4 is 35.1 Å². The van der Waals surface area contributed by atoms with Gasteiger partial charge in [-0.15, -0.1) is 11.8 Å². The van der Waals surface area contributed by atoms with Crippen molar-refractivity contribution in [2.24, 2.45) is 0 Å². The predicted molar refractivity (Wildman–Crippen MR) is 91.2 cm³/mol. The van der Waals surface area contributed by atoms with Crippen molar-refractivity contribution in [3.8, 4) is 0 Å². The number of hydrogen-bond acceptors (Lipinski definition) is 3. The van der Waals surface area contributed by atoms with E-state index in [2.05, 4.69) is 61.6 Å². The molecule has 0 atom stereocenters. The molecule has 0 bridgehead atoms. The average Bonchev–Trinajstić information content (AvgIpc) is 2.42. The van der Waals surface area contributed by atoms with Gasteiger partial charge in [0.25, 0.3) is 0 Å². The van der Waals surface area contributed by atoms with E-state index in [4.69, 9.17) is 11.6 Å². The zero-order valence-electron chi connectivity index (χ0n) is 11.9. The molecule has 0 aliphatic heterocycles. The molecule has 0 N–H and O–H groups in total. The Balaban J connectivity index is 2.22. The maximum absolute atomic E-state index is 6.11. The smallest absolute Gasteiger partial charge is 0.0410 e. The fraction of sp³-hybridized carbons (Fsp3) is 0.250. The Morgan fingerprint density at radius 2 is 1.65 bits per heavy atom. The van der Waals surface area contributed by atoms with Gasteiger partial charge in [-0.1, -0.05) is 23.4 Å². The Morgan fingerprint density at radius 1 is 1.00 bits per heavy atom. The first-order valence-corrected chi connectivity index (χ1v) is 8.75. The Kier molecular flexibility index (Phi) is 5.85. The summed E-state index contributed by atoms with van der Waals surface area (Å²) in [7, 11) is 4.14. The van der Waals surface area contributed by atoms with Gasteiger partial charge >= 0.3 is 0 Å². The normalized spacial score (nSPS) is 11.1. The van der Waals surface area contributed by atoms with E-state index < -0.39 is 0 Å². The maximum Gasteiger partial charge on any atom is 0.0410 e. The van der Waals surface area contributed by atoms with Crippen LogP contribution in [0.5, 0.6) is 0 Å². The molecule has 0 spiro atoms. The summed E-state index contributed by atoms with van der Waals surface area (Å²) in [5.74, 6) is 0. The van der Waals surface area contributed by atoms with E-state index in [1.165, 1.54) is 20.2 Å². The molecule has 2 aromatic carbocycles. The van der Waals surface area contributed by atoms with E-state index in [1.54, 1.807) is 23.5 Å². The number of hydrogen-bond donors (Lipinski definition) is 0. The zero-order chi connectivity index (χ0) is 14.5. The molecule has 2 rings (SSSR count). The van der Waals surface area contributed by atoms with E-state index in [-0.39, 0.29) is 0 Å². The van der Waals surface area contributed by atoms with Gasteiger partial charge in [-0.2, -0.15) is 0 Å². The molecule has 0 unspecified atom stereocenters. The van der Waals surface area contributed by atoms with E-state index >= 15 is 0 Å². The Bertz CT molecular complexity index is 567. The average molecular weight is 324 g/mol. The van der Waals surface area contributed by atoms with Crippen molar-refractivity contribution in [1.29, 1.82) is 0 Å². The summed E-state index contributed by atoms with van der Waals surface area (Å²) < 4.78 is 0. The van der Waals surface area contributed by atoms with Crippen LogP contribution in [0.25, 0.3) is 0 Å². The lowest BCUT2D eigenvalue weighted by atomic mass is 10.2. The monoisotopic (exact) mass is 323 g/mol. The molecule has 0 aromatic heterocycles. The van der Waals surface area contributed by atoms with Crippen molar-refractivity contribution in [2.75, 3.05) is 20.4 Å². The molecular formula is C16H18ClNS2. The van der Waals surface area contributed by atoms with Crippen molar-refractivity contribution < 1.29 is 0 Å². The summed E-state index contributed by atoms with van der Waals surface area (Å²) in [5, 5.41) is 0.795. The number of thioether (sulfide) groups is 1. The van der Waals surface area contributed by atoms with Gasteiger partial charge < -0.3 is 4.90 Å². The molecule has 1 nitrogen and oxygen atoms in total. The molecule has 2 aromatic rings. The highest BCUT2D eigenvalue weighted by Crippen LogP contribution is 2.33. The minimum atomic E-state index is 0.795. The van der Waals surface area contributed by atoms with Gasteiger partial charge in [0.1, 0.15) is 0 Å². The fourth-order valence-corrected chi connectivity index (χ4v) is 3.40. The van der Waals surface area contributed by atoms with E-state index in [0.29, 0.717) is 0 Å². The molecule has 0 amide bonds. The lowest BCUT2D eigenvalue weighted by Crippen LogP contribution is -2.11. The topological polar surface area (TPSA) is 3.24 Å². The molecule has 4 heteroatoms. The zero-order valence-corrected chi connectivity index (χ0v) is 14.3. The number of rotatable bonds is 5. The SMILES string of the molecule is CSc1ccc(Sc2ccc(Cl)cc2CN(C)C)cc1. The molecular weight excluding hydrogens is 306 g/mol. The van der Waals surface area contributed by atoms with Crippen LogP contribution in [0.3, 0.4) is 0 Å². The Labute approximate surface area is 134 Å². The lowest BCUT2D eigenvalue weighted by Gasteiger charge is -2.14. The van der Waals surface area contributed by atoms with Gasteiger partial charge in [-0.05, 0) is 68.4 Å². The van der Waals surface area contributed by atoms with Crippen molar-refractivity contribution in [2.45, 2.75) is 21.2 Å². The van der Waals surface area contributed by atoms with Gasteiger partial charge in [-0.25, -0.2) is 0 Å². The van der Waals surface area contributed by atoms with Crippen LogP contribution < -0.4 is 0 Å². The summed E-state index contributed by atoms with van der Waals surface area (Å²) in [6.07, 6.45) is 2.09. The molecule has 0 radical (unpaired) electrons. The molecule has 0 saturated carbocycles. The summed E-state index contributed by atoms with van der Waals surface area (Å²) in [6.45, 7) is 0.895. The minimum absolute atomic E-state index is 0.795. The first-order valence-electron chi connectivity index (χ1n) is 6.33. The largest absolute Gasteiger partial charge is 0.305 e. The van der Waals surface area contributed by atoms with Crippen LogP contribution in [0.4, 0.5) is 0 Å². The first kappa shape index (κ1) is 15.8. The minimum Gasteiger partial charge on any atom is -0.305 e. The number of benzene rings is 2. The second-order valence-electron chi connectivity index (χ2n) is 4.77. The third-order valence-electron chi connectivity index (χ3n) is 2.80. The van der Waals surface area contributed by atoms with Crippen LogP contribution in [-0.2, 0) is 6.54 Å². The highest BCUT2D eigenvalue weighted by atomic mass is 35.5. The van der Waals surface area contributed by atoms with Crippen LogP contribution in [0.1, 0.15) is 5.56 Å². The van der Waals surface area contributed by atoms with Crippen LogP contribution in [0.15, 0.2) is 57.2 Å². The highest BCUT2D eigenvalue weighted by Gasteiger charge is 2.07. The van der Waals surface area contributed by atoms with Gasteiger partial charge in [0.2, 0.25) is 0 Å². The van der Waals surface area contributed by atoms with Crippen molar-refractivity contribution in [3.63, 3.8) is 0 Å². The molecule has 0 heterocycles. The van der Waals surface area contributed by atoms with E-state index in [1.807, 2.05) is 6.07 Å². The van der Waals surface area contributed by atoms with Crippen molar-refractivity contribution in [1.82, 2.24) is 4.90 Å².